The summed E-state index contributed by atoms with van der Waals surface area (Å²) in [6.07, 6.45) is 6.39. The van der Waals surface area contributed by atoms with Crippen LogP contribution >= 0.6 is 0 Å². The number of hydrogen-bond acceptors (Lipinski definition) is 4. The average molecular weight is 467 g/mol. The summed E-state index contributed by atoms with van der Waals surface area (Å²) in [6.45, 7) is 0. The van der Waals surface area contributed by atoms with Gasteiger partial charge in [0.15, 0.2) is 0 Å². The van der Waals surface area contributed by atoms with Gasteiger partial charge < -0.3 is 4.57 Å². The van der Waals surface area contributed by atoms with Gasteiger partial charge in [0.2, 0.25) is 0 Å². The Hall–Kier alpha value is -5.10. The molecule has 0 fully saturated rings. The lowest BCUT2D eigenvalue weighted by Gasteiger charge is -2.08. The molecule has 4 heterocycles. The largest absolute Gasteiger partial charge is 0.309 e. The molecule has 0 spiro atoms. The number of aromatic nitrogens is 4. The minimum absolute atomic E-state index is 0.385. The van der Waals surface area contributed by atoms with Crippen LogP contribution in [0.3, 0.4) is 0 Å². The van der Waals surface area contributed by atoms with Crippen molar-refractivity contribution in [3.63, 3.8) is 0 Å². The number of benzene rings is 3. The highest BCUT2D eigenvalue weighted by Crippen LogP contribution is 2.35. The fourth-order valence-corrected chi connectivity index (χ4v) is 5.13. The van der Waals surface area contributed by atoms with E-state index in [9.17, 15) is 9.59 Å². The number of pyridine rings is 2. The minimum Gasteiger partial charge on any atom is -0.309 e. The Balaban J connectivity index is 1.77. The van der Waals surface area contributed by atoms with Crippen LogP contribution in [0.4, 0.5) is 0 Å². The van der Waals surface area contributed by atoms with Gasteiger partial charge in [0.05, 0.1) is 27.5 Å². The molecule has 6 nitrogen and oxygen atoms in total. The highest BCUT2D eigenvalue weighted by atomic mass is 16.2. The molecule has 7 aromatic rings. The highest BCUT2D eigenvalue weighted by molar-refractivity contribution is 6.17. The first kappa shape index (κ1) is 20.3. The first-order valence-electron chi connectivity index (χ1n) is 11.6. The van der Waals surface area contributed by atoms with Crippen molar-refractivity contribution >= 4 is 43.4 Å². The van der Waals surface area contributed by atoms with Crippen molar-refractivity contribution < 1.29 is 0 Å². The second kappa shape index (κ2) is 7.71. The van der Waals surface area contributed by atoms with Crippen molar-refractivity contribution in [2.75, 3.05) is 0 Å². The third kappa shape index (κ3) is 2.85. The van der Waals surface area contributed by atoms with Crippen molar-refractivity contribution in [2.45, 2.75) is 0 Å². The number of hydrogen-bond donors (Lipinski definition) is 0. The molecule has 0 unspecified atom stereocenters. The summed E-state index contributed by atoms with van der Waals surface area (Å²) >= 11 is 0. The van der Waals surface area contributed by atoms with Crippen molar-refractivity contribution in [2.24, 2.45) is 0 Å². The molecule has 0 atom stereocenters. The zero-order chi connectivity index (χ0) is 24.2. The summed E-state index contributed by atoms with van der Waals surface area (Å²) in [5, 5.41) is 4.27. The first-order valence-corrected chi connectivity index (χ1v) is 11.6. The van der Waals surface area contributed by atoms with Crippen molar-refractivity contribution in [3.8, 4) is 11.4 Å². The number of fused-ring (bicyclic) bond motifs is 6. The normalized spacial score (nSPS) is 11.6. The Morgan fingerprint density at radius 1 is 0.472 bits per heavy atom. The van der Waals surface area contributed by atoms with Crippen LogP contribution < -0.4 is 11.1 Å². The molecule has 0 saturated carbocycles. The molecule has 0 amide bonds. The Bertz CT molecular complexity index is 2080. The third-order valence-electron chi connectivity index (χ3n) is 6.73. The van der Waals surface area contributed by atoms with Crippen molar-refractivity contribution in [3.05, 3.63) is 130 Å². The summed E-state index contributed by atoms with van der Waals surface area (Å²) in [5.74, 6) is 0. The Morgan fingerprint density at radius 3 is 2.00 bits per heavy atom. The van der Waals surface area contributed by atoms with E-state index in [0.29, 0.717) is 27.2 Å². The van der Waals surface area contributed by atoms with E-state index in [2.05, 4.69) is 26.7 Å². The maximum Gasteiger partial charge on any atom is 0.266 e. The molecule has 170 valence electrons. The summed E-state index contributed by atoms with van der Waals surface area (Å²) < 4.78 is 3.39. The number of para-hydroxylation sites is 2. The summed E-state index contributed by atoms with van der Waals surface area (Å²) in [5.41, 5.74) is 2.63. The molecule has 0 saturated heterocycles. The maximum absolute atomic E-state index is 14.1. The van der Waals surface area contributed by atoms with E-state index >= 15 is 0 Å². The Labute approximate surface area is 204 Å². The number of nitrogens with zero attached hydrogens (tertiary/aromatic N) is 4. The fraction of sp³-hybridized carbons (Fsp3) is 0. The van der Waals surface area contributed by atoms with E-state index in [1.807, 2.05) is 54.6 Å². The van der Waals surface area contributed by atoms with Gasteiger partial charge in [-0.05, 0) is 53.9 Å². The lowest BCUT2D eigenvalue weighted by Crippen LogP contribution is -2.28. The molecule has 36 heavy (non-hydrogen) atoms. The van der Waals surface area contributed by atoms with Crippen LogP contribution in [0, 0.1) is 0 Å². The van der Waals surface area contributed by atoms with Gasteiger partial charge in [-0.1, -0.05) is 36.4 Å². The minimum atomic E-state index is -0.389. The van der Waals surface area contributed by atoms with Crippen LogP contribution in [0.2, 0.25) is 0 Å². The van der Waals surface area contributed by atoms with Crippen LogP contribution in [-0.4, -0.2) is 19.1 Å². The molecule has 0 bridgehead atoms. The van der Waals surface area contributed by atoms with E-state index in [4.69, 9.17) is 0 Å². The Morgan fingerprint density at radius 2 is 1.17 bits per heavy atom. The summed E-state index contributed by atoms with van der Waals surface area (Å²) in [6, 6.07) is 27.2. The zero-order valence-electron chi connectivity index (χ0n) is 19.0. The highest BCUT2D eigenvalue weighted by Gasteiger charge is 2.18. The predicted octanol–water partition coefficient (Wildman–Crippen LogP) is 5.39. The topological polar surface area (TPSA) is 69.8 Å². The van der Waals surface area contributed by atoms with E-state index in [-0.39, 0.29) is 11.1 Å². The lowest BCUT2D eigenvalue weighted by atomic mass is 10.0. The monoisotopic (exact) mass is 466 g/mol. The van der Waals surface area contributed by atoms with Crippen molar-refractivity contribution in [1.82, 2.24) is 19.1 Å². The van der Waals surface area contributed by atoms with E-state index < -0.39 is 0 Å². The second-order valence-electron chi connectivity index (χ2n) is 8.68. The van der Waals surface area contributed by atoms with Gasteiger partial charge in [0.25, 0.3) is 11.1 Å². The molecule has 7 rings (SSSR count). The quantitative estimate of drug-likeness (QED) is 0.343. The molecular weight excluding hydrogens is 448 g/mol. The molecule has 4 aromatic heterocycles. The van der Waals surface area contributed by atoms with Gasteiger partial charge in [0.1, 0.15) is 0 Å². The maximum atomic E-state index is 14.1. The first-order chi connectivity index (χ1) is 17.7. The van der Waals surface area contributed by atoms with E-state index in [0.717, 1.165) is 27.5 Å². The molecule has 6 heteroatoms. The number of rotatable bonds is 2. The molecule has 0 radical (unpaired) electrons. The van der Waals surface area contributed by atoms with Gasteiger partial charge in [0, 0.05) is 46.6 Å². The van der Waals surface area contributed by atoms with E-state index in [1.165, 1.54) is 4.57 Å². The van der Waals surface area contributed by atoms with Crippen LogP contribution in [0.15, 0.2) is 119 Å². The summed E-state index contributed by atoms with van der Waals surface area (Å²) in [7, 11) is 0. The summed E-state index contributed by atoms with van der Waals surface area (Å²) in [4.78, 5) is 36.1. The van der Waals surface area contributed by atoms with Crippen LogP contribution in [-0.2, 0) is 0 Å². The molecule has 3 aromatic carbocycles. The van der Waals surface area contributed by atoms with Gasteiger partial charge in [-0.3, -0.25) is 19.6 Å². The van der Waals surface area contributed by atoms with Gasteiger partial charge >= 0.3 is 0 Å². The smallest absolute Gasteiger partial charge is 0.266 e. The second-order valence-corrected chi connectivity index (χ2v) is 8.68. The van der Waals surface area contributed by atoms with Crippen LogP contribution in [0.5, 0.6) is 0 Å². The standard InChI is InChI=1S/C30H18N4O2/c35-29-22-12-15-32-18-26(22)23-16-24-21-8-4-5-9-27(21)33(19-6-2-1-3-7-19)28(24)17-25(23)30(36)34(29)20-10-13-31-14-11-20/h1-18H. The SMILES string of the molecule is O=c1c2ccncc2c2cc3c4ccccc4n(-c4ccccc4)c3cc2c(=O)n1-c1ccncc1. The lowest BCUT2D eigenvalue weighted by molar-refractivity contribution is 0.970. The van der Waals surface area contributed by atoms with Gasteiger partial charge in [-0.15, -0.1) is 0 Å². The van der Waals surface area contributed by atoms with Crippen LogP contribution in [0.25, 0.3) is 54.7 Å². The van der Waals surface area contributed by atoms with E-state index in [1.54, 1.807) is 43.0 Å². The Kier molecular flexibility index (Phi) is 4.35. The zero-order valence-corrected chi connectivity index (χ0v) is 19.0. The average Bonchev–Trinajstić information content (AvgIpc) is 3.22. The van der Waals surface area contributed by atoms with Gasteiger partial charge in [-0.2, -0.15) is 0 Å². The molecule has 0 aliphatic heterocycles. The predicted molar refractivity (Wildman–Crippen MR) is 143 cm³/mol. The fourth-order valence-electron chi connectivity index (χ4n) is 5.13. The third-order valence-corrected chi connectivity index (χ3v) is 6.73. The molecule has 0 aliphatic rings. The van der Waals surface area contributed by atoms with Crippen LogP contribution in [0.1, 0.15) is 0 Å². The van der Waals surface area contributed by atoms with Gasteiger partial charge in [-0.25, -0.2) is 4.57 Å². The molecular formula is C30H18N4O2. The molecule has 0 N–H and O–H groups in total. The molecule has 0 aliphatic carbocycles. The van der Waals surface area contributed by atoms with Crippen molar-refractivity contribution in [1.29, 1.82) is 0 Å².